The van der Waals surface area contributed by atoms with Gasteiger partial charge in [0.15, 0.2) is 5.82 Å². The van der Waals surface area contributed by atoms with Gasteiger partial charge in [-0.25, -0.2) is 8.42 Å². The minimum atomic E-state index is -3.68. The zero-order valence-corrected chi connectivity index (χ0v) is 18.3. The molecule has 0 fully saturated rings. The summed E-state index contributed by atoms with van der Waals surface area (Å²) in [6, 6.07) is 10.8. The van der Waals surface area contributed by atoms with Gasteiger partial charge in [0.05, 0.1) is 15.6 Å². The summed E-state index contributed by atoms with van der Waals surface area (Å²) in [7, 11) is -3.68. The molecule has 0 radical (unpaired) electrons. The average Bonchev–Trinajstić information content (AvgIpc) is 3.16. The summed E-state index contributed by atoms with van der Waals surface area (Å²) in [5.41, 5.74) is 1.26. The Balaban J connectivity index is 1.83. The summed E-state index contributed by atoms with van der Waals surface area (Å²) in [4.78, 5) is 16.8. The maximum atomic E-state index is 12.7. The molecule has 30 heavy (non-hydrogen) atoms. The highest BCUT2D eigenvalue weighted by Crippen LogP contribution is 2.28. The number of amides is 1. The molecule has 0 aliphatic carbocycles. The molecule has 0 aliphatic heterocycles. The van der Waals surface area contributed by atoms with Gasteiger partial charge in [-0.2, -0.15) is 9.29 Å². The fourth-order valence-electron chi connectivity index (χ4n) is 2.85. The quantitative estimate of drug-likeness (QED) is 0.586. The predicted molar refractivity (Wildman–Crippen MR) is 114 cm³/mol. The normalized spacial score (nSPS) is 11.6. The number of aromatic nitrogens is 2. The van der Waals surface area contributed by atoms with E-state index < -0.39 is 15.9 Å². The number of rotatable bonds is 7. The Morgan fingerprint density at radius 3 is 2.37 bits per heavy atom. The number of benzene rings is 2. The molecule has 8 nitrogen and oxygen atoms in total. The van der Waals surface area contributed by atoms with Crippen LogP contribution in [0.25, 0.3) is 11.5 Å². The summed E-state index contributed by atoms with van der Waals surface area (Å²) in [6.45, 7) is 5.93. The fraction of sp³-hybridized carbons (Fsp3) is 0.250. The number of nitrogens with one attached hydrogen (secondary N) is 1. The summed E-state index contributed by atoms with van der Waals surface area (Å²) < 4.78 is 31.9. The van der Waals surface area contributed by atoms with Crippen LogP contribution in [0, 0.1) is 6.92 Å². The molecule has 0 bridgehead atoms. The van der Waals surface area contributed by atoms with Gasteiger partial charge in [0.1, 0.15) is 0 Å². The van der Waals surface area contributed by atoms with Crippen molar-refractivity contribution in [3.8, 4) is 11.5 Å². The Hall–Kier alpha value is -2.75. The van der Waals surface area contributed by atoms with Crippen molar-refractivity contribution < 1.29 is 17.7 Å². The molecule has 3 aromatic rings. The lowest BCUT2D eigenvalue weighted by Gasteiger charge is -2.19. The van der Waals surface area contributed by atoms with Crippen LogP contribution in [0.15, 0.2) is 51.9 Å². The second kappa shape index (κ2) is 8.95. The number of halogens is 1. The zero-order chi connectivity index (χ0) is 21.9. The van der Waals surface area contributed by atoms with E-state index in [4.69, 9.17) is 16.1 Å². The van der Waals surface area contributed by atoms with Gasteiger partial charge in [0, 0.05) is 24.2 Å². The summed E-state index contributed by atoms with van der Waals surface area (Å²) >= 11 is 6.18. The number of carbonyl (C=O) groups is 1. The van der Waals surface area contributed by atoms with Gasteiger partial charge in [0.2, 0.25) is 10.0 Å². The van der Waals surface area contributed by atoms with E-state index in [1.165, 1.54) is 22.5 Å². The molecule has 1 N–H and O–H groups in total. The number of sulfonamides is 1. The van der Waals surface area contributed by atoms with E-state index in [0.717, 1.165) is 0 Å². The molecule has 0 aliphatic rings. The van der Waals surface area contributed by atoms with Gasteiger partial charge in [-0.1, -0.05) is 30.6 Å². The molecule has 1 amide bonds. The first-order chi connectivity index (χ1) is 14.3. The van der Waals surface area contributed by atoms with E-state index >= 15 is 0 Å². The molecule has 0 saturated carbocycles. The second-order valence-corrected chi connectivity index (χ2v) is 8.75. The highest BCUT2D eigenvalue weighted by atomic mass is 35.5. The molecule has 0 unspecified atom stereocenters. The van der Waals surface area contributed by atoms with E-state index in [1.54, 1.807) is 45.0 Å². The molecule has 0 atom stereocenters. The van der Waals surface area contributed by atoms with Crippen molar-refractivity contribution in [2.75, 3.05) is 18.4 Å². The molecule has 10 heteroatoms. The maximum absolute atomic E-state index is 12.7. The fourth-order valence-corrected chi connectivity index (χ4v) is 4.50. The van der Waals surface area contributed by atoms with Crippen LogP contribution >= 0.6 is 11.6 Å². The Morgan fingerprint density at radius 1 is 1.13 bits per heavy atom. The van der Waals surface area contributed by atoms with E-state index in [0.29, 0.717) is 35.9 Å². The molecule has 3 rings (SSSR count). The lowest BCUT2D eigenvalue weighted by atomic mass is 10.1. The topological polar surface area (TPSA) is 105 Å². The SMILES string of the molecule is CCN(CC)S(=O)(=O)c1ccc(Cl)c(NC(=O)c2ccc(-c3nc(C)no3)cc2)c1. The van der Waals surface area contributed by atoms with Crippen LogP contribution in [0.3, 0.4) is 0 Å². The van der Waals surface area contributed by atoms with E-state index in [-0.39, 0.29) is 15.6 Å². The largest absolute Gasteiger partial charge is 0.334 e. The van der Waals surface area contributed by atoms with Crippen LogP contribution in [0.2, 0.25) is 5.02 Å². The van der Waals surface area contributed by atoms with E-state index in [1.807, 2.05) is 0 Å². The van der Waals surface area contributed by atoms with Crippen LogP contribution < -0.4 is 5.32 Å². The van der Waals surface area contributed by atoms with Crippen molar-refractivity contribution in [2.45, 2.75) is 25.7 Å². The molecule has 1 aromatic heterocycles. The molecule has 158 valence electrons. The molecule has 2 aromatic carbocycles. The molecule has 1 heterocycles. The maximum Gasteiger partial charge on any atom is 0.257 e. The average molecular weight is 449 g/mol. The third-order valence-electron chi connectivity index (χ3n) is 4.45. The van der Waals surface area contributed by atoms with Crippen molar-refractivity contribution in [3.63, 3.8) is 0 Å². The van der Waals surface area contributed by atoms with Crippen molar-refractivity contribution >= 4 is 33.2 Å². The first kappa shape index (κ1) is 21.9. The number of hydrogen-bond acceptors (Lipinski definition) is 6. The van der Waals surface area contributed by atoms with Crippen LogP contribution in [0.5, 0.6) is 0 Å². The number of anilines is 1. The van der Waals surface area contributed by atoms with Gasteiger partial charge in [0.25, 0.3) is 11.8 Å². The highest BCUT2D eigenvalue weighted by Gasteiger charge is 2.23. The van der Waals surface area contributed by atoms with E-state index in [9.17, 15) is 13.2 Å². The minimum absolute atomic E-state index is 0.0630. The van der Waals surface area contributed by atoms with Crippen molar-refractivity contribution in [1.82, 2.24) is 14.4 Å². The molecule has 0 saturated heterocycles. The number of hydrogen-bond donors (Lipinski definition) is 1. The lowest BCUT2D eigenvalue weighted by Crippen LogP contribution is -2.30. The Morgan fingerprint density at radius 2 is 1.80 bits per heavy atom. The van der Waals surface area contributed by atoms with E-state index in [2.05, 4.69) is 15.5 Å². The molecular formula is C20H21ClN4O4S. The minimum Gasteiger partial charge on any atom is -0.334 e. The second-order valence-electron chi connectivity index (χ2n) is 6.41. The zero-order valence-electron chi connectivity index (χ0n) is 16.7. The summed E-state index contributed by atoms with van der Waals surface area (Å²) in [6.07, 6.45) is 0. The highest BCUT2D eigenvalue weighted by molar-refractivity contribution is 7.89. The molecule has 0 spiro atoms. The summed E-state index contributed by atoms with van der Waals surface area (Å²) in [5, 5.41) is 6.64. The van der Waals surface area contributed by atoms with Gasteiger partial charge >= 0.3 is 0 Å². The first-order valence-corrected chi connectivity index (χ1v) is 11.1. The third kappa shape index (κ3) is 4.53. The van der Waals surface area contributed by atoms with Gasteiger partial charge in [-0.05, 0) is 49.4 Å². The number of nitrogens with zero attached hydrogens (tertiary/aromatic N) is 3. The molecular weight excluding hydrogens is 428 g/mol. The van der Waals surface area contributed by atoms with Crippen molar-refractivity contribution in [1.29, 1.82) is 0 Å². The van der Waals surface area contributed by atoms with Gasteiger partial charge in [-0.3, -0.25) is 4.79 Å². The Bertz CT molecular complexity index is 1160. The third-order valence-corrected chi connectivity index (χ3v) is 6.83. The van der Waals surface area contributed by atoms with Crippen LogP contribution in [0.1, 0.15) is 30.0 Å². The number of carbonyl (C=O) groups excluding carboxylic acids is 1. The predicted octanol–water partition coefficient (Wildman–Crippen LogP) is 3.98. The standard InChI is InChI=1S/C20H21ClN4O4S/c1-4-25(5-2)30(27,28)16-10-11-17(21)18(12-16)23-19(26)14-6-8-15(9-7-14)20-22-13(3)24-29-20/h6-12H,4-5H2,1-3H3,(H,23,26). The Labute approximate surface area is 179 Å². The van der Waals surface area contributed by atoms with Gasteiger partial charge < -0.3 is 9.84 Å². The van der Waals surface area contributed by atoms with Crippen molar-refractivity contribution in [2.24, 2.45) is 0 Å². The van der Waals surface area contributed by atoms with Crippen molar-refractivity contribution in [3.05, 3.63) is 58.9 Å². The van der Waals surface area contributed by atoms with Crippen LogP contribution in [-0.4, -0.2) is 41.9 Å². The Kier molecular flexibility index (Phi) is 6.55. The monoisotopic (exact) mass is 448 g/mol. The summed E-state index contributed by atoms with van der Waals surface area (Å²) in [5.74, 6) is 0.445. The van der Waals surface area contributed by atoms with Gasteiger partial charge in [-0.15, -0.1) is 0 Å². The van der Waals surface area contributed by atoms with Crippen LogP contribution in [-0.2, 0) is 10.0 Å². The van der Waals surface area contributed by atoms with Crippen LogP contribution in [0.4, 0.5) is 5.69 Å². The smallest absolute Gasteiger partial charge is 0.257 e. The first-order valence-electron chi connectivity index (χ1n) is 9.28. The lowest BCUT2D eigenvalue weighted by molar-refractivity contribution is 0.102. The number of aryl methyl sites for hydroxylation is 1.